The molecule has 0 amide bonds. The number of rotatable bonds is 5. The van der Waals surface area contributed by atoms with Gasteiger partial charge in [-0.1, -0.05) is 6.07 Å². The molecular formula is C15H19F2N3O. The van der Waals surface area contributed by atoms with Gasteiger partial charge in [0.05, 0.1) is 18.4 Å². The van der Waals surface area contributed by atoms with Crippen LogP contribution < -0.4 is 10.1 Å². The minimum atomic E-state index is -0.551. The van der Waals surface area contributed by atoms with E-state index in [1.807, 2.05) is 6.92 Å². The van der Waals surface area contributed by atoms with E-state index < -0.39 is 17.7 Å². The van der Waals surface area contributed by atoms with Crippen molar-refractivity contribution >= 4 is 0 Å². The molecule has 0 bridgehead atoms. The standard InChI is InChI=1S/C15H19F2N3O/c1-9-11(15(21-4)20(3)19-9)8-18-10(2)14-12(16)6-5-7-13(14)17/h5-7,10,18H,8H2,1-4H3. The Labute approximate surface area is 122 Å². The highest BCUT2D eigenvalue weighted by Gasteiger charge is 2.18. The van der Waals surface area contributed by atoms with Gasteiger partial charge in [-0.2, -0.15) is 5.10 Å². The topological polar surface area (TPSA) is 39.1 Å². The first-order valence-corrected chi connectivity index (χ1v) is 6.69. The Morgan fingerprint density at radius 1 is 1.33 bits per heavy atom. The molecule has 114 valence electrons. The molecule has 1 aromatic carbocycles. The van der Waals surface area contributed by atoms with E-state index in [9.17, 15) is 8.78 Å². The van der Waals surface area contributed by atoms with Crippen molar-refractivity contribution in [2.75, 3.05) is 7.11 Å². The molecule has 1 N–H and O–H groups in total. The molecule has 0 saturated heterocycles. The van der Waals surface area contributed by atoms with Crippen LogP contribution >= 0.6 is 0 Å². The quantitative estimate of drug-likeness (QED) is 0.922. The molecule has 1 atom stereocenters. The minimum Gasteiger partial charge on any atom is -0.481 e. The highest BCUT2D eigenvalue weighted by atomic mass is 19.1. The van der Waals surface area contributed by atoms with Crippen LogP contribution in [0.15, 0.2) is 18.2 Å². The minimum absolute atomic E-state index is 0.0398. The smallest absolute Gasteiger partial charge is 0.216 e. The fraction of sp³-hybridized carbons (Fsp3) is 0.400. The fourth-order valence-corrected chi connectivity index (χ4v) is 2.42. The second-order valence-electron chi connectivity index (χ2n) is 4.93. The van der Waals surface area contributed by atoms with Crippen molar-refractivity contribution in [3.63, 3.8) is 0 Å². The molecule has 4 nitrogen and oxygen atoms in total. The van der Waals surface area contributed by atoms with Crippen molar-refractivity contribution in [1.29, 1.82) is 0 Å². The zero-order valence-electron chi connectivity index (χ0n) is 12.6. The molecule has 0 radical (unpaired) electrons. The zero-order valence-corrected chi connectivity index (χ0v) is 12.6. The van der Waals surface area contributed by atoms with Crippen LogP contribution in [0.4, 0.5) is 8.78 Å². The van der Waals surface area contributed by atoms with E-state index >= 15 is 0 Å². The lowest BCUT2D eigenvalue weighted by atomic mass is 10.1. The molecule has 0 saturated carbocycles. The molecule has 0 spiro atoms. The largest absolute Gasteiger partial charge is 0.481 e. The van der Waals surface area contributed by atoms with Gasteiger partial charge in [0.25, 0.3) is 0 Å². The summed E-state index contributed by atoms with van der Waals surface area (Å²) < 4.78 is 34.4. The molecule has 0 aliphatic heterocycles. The molecular weight excluding hydrogens is 276 g/mol. The summed E-state index contributed by atoms with van der Waals surface area (Å²) in [5.74, 6) is -0.462. The van der Waals surface area contributed by atoms with Gasteiger partial charge >= 0.3 is 0 Å². The molecule has 21 heavy (non-hydrogen) atoms. The molecule has 0 aliphatic rings. The summed E-state index contributed by atoms with van der Waals surface area (Å²) in [5, 5.41) is 7.38. The average Bonchev–Trinajstić information content (AvgIpc) is 2.69. The summed E-state index contributed by atoms with van der Waals surface area (Å²) >= 11 is 0. The monoisotopic (exact) mass is 295 g/mol. The van der Waals surface area contributed by atoms with Gasteiger partial charge in [0.15, 0.2) is 0 Å². The SMILES string of the molecule is COc1c(CNC(C)c2c(F)cccc2F)c(C)nn1C. The Kier molecular flexibility index (Phi) is 4.57. The van der Waals surface area contributed by atoms with Gasteiger partial charge in [-0.25, -0.2) is 13.5 Å². The van der Waals surface area contributed by atoms with Crippen molar-refractivity contribution in [1.82, 2.24) is 15.1 Å². The molecule has 6 heteroatoms. The van der Waals surface area contributed by atoms with Crippen LogP contribution in [0.1, 0.15) is 29.8 Å². The molecule has 0 fully saturated rings. The third-order valence-corrected chi connectivity index (χ3v) is 3.50. The summed E-state index contributed by atoms with van der Waals surface area (Å²) in [6.07, 6.45) is 0. The van der Waals surface area contributed by atoms with Crippen molar-refractivity contribution in [3.8, 4) is 5.88 Å². The first-order valence-electron chi connectivity index (χ1n) is 6.69. The van der Waals surface area contributed by atoms with Crippen LogP contribution in [0.2, 0.25) is 0 Å². The normalized spacial score (nSPS) is 12.5. The number of hydrogen-bond donors (Lipinski definition) is 1. The van der Waals surface area contributed by atoms with Gasteiger partial charge in [-0.15, -0.1) is 0 Å². The maximum absolute atomic E-state index is 13.7. The van der Waals surface area contributed by atoms with Gasteiger partial charge in [0.1, 0.15) is 11.6 Å². The number of ether oxygens (including phenoxy) is 1. The van der Waals surface area contributed by atoms with Crippen molar-refractivity contribution < 1.29 is 13.5 Å². The highest BCUT2D eigenvalue weighted by Crippen LogP contribution is 2.24. The lowest BCUT2D eigenvalue weighted by Gasteiger charge is -2.16. The van der Waals surface area contributed by atoms with E-state index in [1.54, 1.807) is 25.8 Å². The Hall–Kier alpha value is -1.95. The number of nitrogens with zero attached hydrogens (tertiary/aromatic N) is 2. The highest BCUT2D eigenvalue weighted by molar-refractivity contribution is 5.31. The number of methoxy groups -OCH3 is 1. The third-order valence-electron chi connectivity index (χ3n) is 3.50. The van der Waals surface area contributed by atoms with Crippen molar-refractivity contribution in [2.45, 2.75) is 26.4 Å². The number of aromatic nitrogens is 2. The molecule has 1 aromatic heterocycles. The summed E-state index contributed by atoms with van der Waals surface area (Å²) in [5.41, 5.74) is 1.74. The molecule has 0 aliphatic carbocycles. The fourth-order valence-electron chi connectivity index (χ4n) is 2.42. The number of hydrogen-bond acceptors (Lipinski definition) is 3. The second kappa shape index (κ2) is 6.22. The van der Waals surface area contributed by atoms with E-state index in [0.29, 0.717) is 12.4 Å². The molecule has 2 rings (SSSR count). The second-order valence-corrected chi connectivity index (χ2v) is 4.93. The number of halogens is 2. The Bertz CT molecular complexity index is 620. The number of benzene rings is 1. The van der Waals surface area contributed by atoms with E-state index in [-0.39, 0.29) is 5.56 Å². The van der Waals surface area contributed by atoms with Crippen LogP contribution in [0, 0.1) is 18.6 Å². The summed E-state index contributed by atoms with van der Waals surface area (Å²) in [6.45, 7) is 4.01. The molecule has 2 aromatic rings. The van der Waals surface area contributed by atoms with E-state index in [0.717, 1.165) is 11.3 Å². The first-order chi connectivity index (χ1) is 9.95. The van der Waals surface area contributed by atoms with Crippen LogP contribution in [-0.2, 0) is 13.6 Å². The maximum Gasteiger partial charge on any atom is 0.216 e. The van der Waals surface area contributed by atoms with E-state index in [1.165, 1.54) is 18.2 Å². The average molecular weight is 295 g/mol. The number of aryl methyl sites for hydroxylation is 2. The summed E-state index contributed by atoms with van der Waals surface area (Å²) in [6, 6.07) is 3.41. The lowest BCUT2D eigenvalue weighted by molar-refractivity contribution is 0.366. The van der Waals surface area contributed by atoms with Crippen molar-refractivity contribution in [3.05, 3.63) is 46.7 Å². The van der Waals surface area contributed by atoms with Gasteiger partial charge < -0.3 is 10.1 Å². The zero-order chi connectivity index (χ0) is 15.6. The van der Waals surface area contributed by atoms with Gasteiger partial charge in [0, 0.05) is 25.2 Å². The van der Waals surface area contributed by atoms with E-state index in [2.05, 4.69) is 10.4 Å². The Morgan fingerprint density at radius 3 is 2.52 bits per heavy atom. The molecule has 1 heterocycles. The van der Waals surface area contributed by atoms with Crippen LogP contribution in [0.5, 0.6) is 5.88 Å². The van der Waals surface area contributed by atoms with Crippen LogP contribution in [0.3, 0.4) is 0 Å². The van der Waals surface area contributed by atoms with Crippen molar-refractivity contribution in [2.24, 2.45) is 7.05 Å². The lowest BCUT2D eigenvalue weighted by Crippen LogP contribution is -2.21. The third kappa shape index (κ3) is 3.05. The van der Waals surface area contributed by atoms with Crippen LogP contribution in [0.25, 0.3) is 0 Å². The maximum atomic E-state index is 13.7. The predicted molar refractivity (Wildman–Crippen MR) is 76.1 cm³/mol. The Morgan fingerprint density at radius 2 is 1.95 bits per heavy atom. The van der Waals surface area contributed by atoms with Gasteiger partial charge in [0.2, 0.25) is 5.88 Å². The van der Waals surface area contributed by atoms with Gasteiger partial charge in [-0.05, 0) is 26.0 Å². The van der Waals surface area contributed by atoms with Crippen LogP contribution in [-0.4, -0.2) is 16.9 Å². The Balaban J connectivity index is 2.17. The molecule has 1 unspecified atom stereocenters. The summed E-state index contributed by atoms with van der Waals surface area (Å²) in [7, 11) is 3.36. The predicted octanol–water partition coefficient (Wildman–Crippen LogP) is 2.87. The van der Waals surface area contributed by atoms with Gasteiger partial charge in [-0.3, -0.25) is 0 Å². The first kappa shape index (κ1) is 15.4. The number of nitrogens with one attached hydrogen (secondary N) is 1. The van der Waals surface area contributed by atoms with E-state index in [4.69, 9.17) is 4.74 Å². The summed E-state index contributed by atoms with van der Waals surface area (Å²) in [4.78, 5) is 0.